The van der Waals surface area contributed by atoms with Crippen LogP contribution >= 0.6 is 0 Å². The maximum atomic E-state index is 13.0. The highest BCUT2D eigenvalue weighted by molar-refractivity contribution is 7.92. The van der Waals surface area contributed by atoms with E-state index in [-0.39, 0.29) is 5.91 Å². The number of amides is 1. The summed E-state index contributed by atoms with van der Waals surface area (Å²) in [6, 6.07) is 22.8. The number of fused-ring (bicyclic) bond motifs is 1. The Morgan fingerprint density at radius 1 is 0.943 bits per heavy atom. The van der Waals surface area contributed by atoms with Crippen molar-refractivity contribution in [3.63, 3.8) is 0 Å². The van der Waals surface area contributed by atoms with E-state index in [2.05, 4.69) is 10.6 Å². The fourth-order valence-electron chi connectivity index (χ4n) is 4.08. The molecule has 0 atom stereocenters. The highest BCUT2D eigenvalue weighted by Crippen LogP contribution is 2.37. The van der Waals surface area contributed by atoms with Crippen LogP contribution in [-0.4, -0.2) is 52.7 Å². The Labute approximate surface area is 207 Å². The summed E-state index contributed by atoms with van der Waals surface area (Å²) < 4.78 is 26.2. The van der Waals surface area contributed by atoms with Crippen molar-refractivity contribution in [2.75, 3.05) is 48.4 Å². The Morgan fingerprint density at radius 3 is 2.31 bits per heavy atom. The number of rotatable bonds is 8. The lowest BCUT2D eigenvalue weighted by molar-refractivity contribution is -0.110. The molecular formula is C27H30N4O3S. The van der Waals surface area contributed by atoms with Gasteiger partial charge >= 0.3 is 0 Å². The molecule has 0 saturated carbocycles. The van der Waals surface area contributed by atoms with Gasteiger partial charge in [0.15, 0.2) is 0 Å². The maximum Gasteiger partial charge on any atom is 0.258 e. The highest BCUT2D eigenvalue weighted by atomic mass is 32.2. The van der Waals surface area contributed by atoms with Gasteiger partial charge in [0.2, 0.25) is 10.0 Å². The summed E-state index contributed by atoms with van der Waals surface area (Å²) in [6.07, 6.45) is 1.21. The zero-order valence-corrected chi connectivity index (χ0v) is 21.2. The number of hydrogen-bond donors (Lipinski definition) is 2. The molecule has 3 aromatic rings. The largest absolute Gasteiger partial charge is 0.354 e. The number of likely N-dealkylation sites (N-methyl/N-ethyl adjacent to an activating group) is 1. The molecule has 8 heteroatoms. The monoisotopic (exact) mass is 490 g/mol. The van der Waals surface area contributed by atoms with E-state index in [0.29, 0.717) is 30.0 Å². The molecule has 0 spiro atoms. The Hall–Kier alpha value is -3.62. The second-order valence-corrected chi connectivity index (χ2v) is 10.8. The zero-order valence-electron chi connectivity index (χ0n) is 20.4. The van der Waals surface area contributed by atoms with Gasteiger partial charge in [0.05, 0.1) is 23.2 Å². The van der Waals surface area contributed by atoms with Gasteiger partial charge in [-0.2, -0.15) is 0 Å². The van der Waals surface area contributed by atoms with E-state index in [1.54, 1.807) is 12.1 Å². The first-order valence-electron chi connectivity index (χ1n) is 11.3. The highest BCUT2D eigenvalue weighted by Gasteiger charge is 2.28. The minimum absolute atomic E-state index is 0.168. The maximum absolute atomic E-state index is 13.0. The molecule has 3 aromatic carbocycles. The second kappa shape index (κ2) is 9.93. The molecule has 0 aromatic heterocycles. The normalized spacial score (nSPS) is 14.5. The van der Waals surface area contributed by atoms with E-state index in [9.17, 15) is 13.2 Å². The lowest BCUT2D eigenvalue weighted by Gasteiger charge is -2.24. The molecule has 2 N–H and O–H groups in total. The van der Waals surface area contributed by atoms with E-state index >= 15 is 0 Å². The van der Waals surface area contributed by atoms with E-state index in [1.165, 1.54) is 10.6 Å². The predicted octanol–water partition coefficient (Wildman–Crippen LogP) is 4.26. The number of para-hydroxylation sites is 1. The van der Waals surface area contributed by atoms with Crippen molar-refractivity contribution in [2.24, 2.45) is 0 Å². The summed E-state index contributed by atoms with van der Waals surface area (Å²) in [4.78, 5) is 15.0. The third-order valence-corrected chi connectivity index (χ3v) is 7.00. The number of hydrogen-bond acceptors (Lipinski definition) is 5. The third kappa shape index (κ3) is 5.55. The van der Waals surface area contributed by atoms with Gasteiger partial charge in [-0.1, -0.05) is 42.0 Å². The van der Waals surface area contributed by atoms with E-state index in [1.807, 2.05) is 86.6 Å². The number of nitrogens with zero attached hydrogens (tertiary/aromatic N) is 2. The average molecular weight is 491 g/mol. The van der Waals surface area contributed by atoms with E-state index < -0.39 is 10.0 Å². The van der Waals surface area contributed by atoms with Crippen molar-refractivity contribution >= 4 is 44.3 Å². The molecule has 0 aliphatic carbocycles. The molecule has 0 fully saturated rings. The van der Waals surface area contributed by atoms with Crippen LogP contribution in [-0.2, 0) is 14.8 Å². The van der Waals surface area contributed by atoms with Crippen LogP contribution in [0, 0.1) is 6.92 Å². The molecule has 1 aliphatic rings. The molecular weight excluding hydrogens is 460 g/mol. The Bertz CT molecular complexity index is 1380. The van der Waals surface area contributed by atoms with E-state index in [0.717, 1.165) is 28.1 Å². The SMILES string of the molecule is Cc1cccc(/C(Nc2ccc(N(CCN(C)C)S(C)(=O)=O)cc2)=C2/C(=O)Nc3ccccc32)c1. The number of nitrogens with one attached hydrogen (secondary N) is 2. The average Bonchev–Trinajstić information content (AvgIpc) is 3.13. The molecule has 0 unspecified atom stereocenters. The number of sulfonamides is 1. The molecule has 1 heterocycles. The number of anilines is 3. The van der Waals surface area contributed by atoms with Crippen molar-refractivity contribution in [3.8, 4) is 0 Å². The number of carbonyl (C=O) groups excluding carboxylic acids is 1. The van der Waals surface area contributed by atoms with Crippen LogP contribution in [0.3, 0.4) is 0 Å². The molecule has 0 bridgehead atoms. The minimum Gasteiger partial charge on any atom is -0.354 e. The zero-order chi connectivity index (χ0) is 25.2. The third-order valence-electron chi connectivity index (χ3n) is 5.80. The van der Waals surface area contributed by atoms with Crippen molar-refractivity contribution in [3.05, 3.63) is 89.5 Å². The van der Waals surface area contributed by atoms with Gasteiger partial charge in [-0.05, 0) is 63.0 Å². The Balaban J connectivity index is 1.73. The van der Waals surface area contributed by atoms with Gasteiger partial charge in [-0.3, -0.25) is 9.10 Å². The summed E-state index contributed by atoms with van der Waals surface area (Å²) in [6.45, 7) is 2.97. The van der Waals surface area contributed by atoms with Crippen LogP contribution in [0.2, 0.25) is 0 Å². The van der Waals surface area contributed by atoms with Crippen LogP contribution in [0.1, 0.15) is 16.7 Å². The van der Waals surface area contributed by atoms with Crippen LogP contribution in [0.15, 0.2) is 72.8 Å². The van der Waals surface area contributed by atoms with Crippen LogP contribution in [0.5, 0.6) is 0 Å². The predicted molar refractivity (Wildman–Crippen MR) is 144 cm³/mol. The molecule has 1 aliphatic heterocycles. The van der Waals surface area contributed by atoms with Crippen LogP contribution in [0.4, 0.5) is 17.1 Å². The van der Waals surface area contributed by atoms with Crippen molar-refractivity contribution in [2.45, 2.75) is 6.92 Å². The van der Waals surface area contributed by atoms with Crippen molar-refractivity contribution in [1.82, 2.24) is 4.90 Å². The summed E-state index contributed by atoms with van der Waals surface area (Å²) >= 11 is 0. The summed E-state index contributed by atoms with van der Waals surface area (Å²) in [7, 11) is 0.389. The number of benzene rings is 3. The van der Waals surface area contributed by atoms with Gasteiger partial charge in [0, 0.05) is 30.0 Å². The smallest absolute Gasteiger partial charge is 0.258 e. The molecule has 35 heavy (non-hydrogen) atoms. The Morgan fingerprint density at radius 2 is 1.66 bits per heavy atom. The fraction of sp³-hybridized carbons (Fsp3) is 0.222. The quantitative estimate of drug-likeness (QED) is 0.461. The minimum atomic E-state index is -3.43. The molecule has 0 saturated heterocycles. The first kappa shape index (κ1) is 24.5. The van der Waals surface area contributed by atoms with Crippen LogP contribution < -0.4 is 14.9 Å². The van der Waals surface area contributed by atoms with Crippen molar-refractivity contribution in [1.29, 1.82) is 0 Å². The van der Waals surface area contributed by atoms with Gasteiger partial charge in [-0.15, -0.1) is 0 Å². The molecule has 0 radical (unpaired) electrons. The summed E-state index contributed by atoms with van der Waals surface area (Å²) in [5.74, 6) is -0.168. The molecule has 182 valence electrons. The van der Waals surface area contributed by atoms with E-state index in [4.69, 9.17) is 0 Å². The van der Waals surface area contributed by atoms with Gasteiger partial charge in [0.25, 0.3) is 5.91 Å². The lowest BCUT2D eigenvalue weighted by atomic mass is 9.99. The summed E-state index contributed by atoms with van der Waals surface area (Å²) in [5.41, 5.74) is 6.18. The van der Waals surface area contributed by atoms with Gasteiger partial charge in [0.1, 0.15) is 0 Å². The molecule has 7 nitrogen and oxygen atoms in total. The second-order valence-electron chi connectivity index (χ2n) is 8.93. The first-order valence-corrected chi connectivity index (χ1v) is 13.2. The topological polar surface area (TPSA) is 81.8 Å². The number of aryl methyl sites for hydroxylation is 1. The lowest BCUT2D eigenvalue weighted by Crippen LogP contribution is -2.35. The Kier molecular flexibility index (Phi) is 6.95. The molecule has 1 amide bonds. The molecule has 4 rings (SSSR count). The number of carbonyl (C=O) groups is 1. The summed E-state index contributed by atoms with van der Waals surface area (Å²) in [5, 5.41) is 6.38. The van der Waals surface area contributed by atoms with Gasteiger partial charge < -0.3 is 15.5 Å². The van der Waals surface area contributed by atoms with Crippen molar-refractivity contribution < 1.29 is 13.2 Å². The fourth-order valence-corrected chi connectivity index (χ4v) is 5.00. The first-order chi connectivity index (χ1) is 16.6. The van der Waals surface area contributed by atoms with Gasteiger partial charge in [-0.25, -0.2) is 8.42 Å². The standard InChI is InChI=1S/C27H30N4O3S/c1-19-8-7-9-20(18-19)26(25-23-10-5-6-11-24(23)29-27(25)32)28-21-12-14-22(15-13-21)31(35(4,33)34)17-16-30(2)3/h5-15,18,28H,16-17H2,1-4H3,(H,29,32)/b26-25-. The van der Waals surface area contributed by atoms with Crippen LogP contribution in [0.25, 0.3) is 11.3 Å².